The maximum Gasteiger partial charge on any atom is 0.328 e. The van der Waals surface area contributed by atoms with Crippen molar-refractivity contribution in [1.82, 2.24) is 9.88 Å². The molecule has 2 aromatic carbocycles. The number of aromatic nitrogens is 1. The molecule has 0 radical (unpaired) electrons. The van der Waals surface area contributed by atoms with Crippen LogP contribution in [0.4, 0.5) is 5.82 Å². The first-order valence-corrected chi connectivity index (χ1v) is 12.8. The van der Waals surface area contributed by atoms with Crippen molar-refractivity contribution >= 4 is 52.2 Å². The molecule has 4 rings (SSSR count). The van der Waals surface area contributed by atoms with Gasteiger partial charge in [-0.15, -0.1) is 0 Å². The molecule has 1 aliphatic heterocycles. The summed E-state index contributed by atoms with van der Waals surface area (Å²) in [5.41, 5.74) is 3.44. The van der Waals surface area contributed by atoms with E-state index in [1.54, 1.807) is 0 Å². The van der Waals surface area contributed by atoms with Crippen molar-refractivity contribution in [1.29, 1.82) is 0 Å². The molecule has 0 bridgehead atoms. The van der Waals surface area contributed by atoms with E-state index in [0.29, 0.717) is 24.3 Å². The molecule has 1 aliphatic rings. The zero-order chi connectivity index (χ0) is 30.4. The highest BCUT2D eigenvalue weighted by Crippen LogP contribution is 2.32. The summed E-state index contributed by atoms with van der Waals surface area (Å²) in [6, 6.07) is 18.7. The molecule has 3 aromatic rings. The Morgan fingerprint density at radius 1 is 0.780 bits per heavy atom. The molecule has 216 valence electrons. The van der Waals surface area contributed by atoms with E-state index in [0.717, 1.165) is 49.1 Å². The van der Waals surface area contributed by atoms with Gasteiger partial charge in [0.05, 0.1) is 5.52 Å². The number of carboxylic acids is 4. The third-order valence-electron chi connectivity index (χ3n) is 5.74. The van der Waals surface area contributed by atoms with Gasteiger partial charge in [-0.3, -0.25) is 0 Å². The van der Waals surface area contributed by atoms with Gasteiger partial charge in [0.15, 0.2) is 0 Å². The molecule has 0 spiro atoms. The Morgan fingerprint density at radius 3 is 1.73 bits per heavy atom. The van der Waals surface area contributed by atoms with Crippen LogP contribution in [-0.4, -0.2) is 86.9 Å². The third kappa shape index (κ3) is 11.5. The number of benzene rings is 2. The standard InChI is InChI=1S/C21H22ClN3.2C4H4O4/c1-2-24-11-13-25(14-12-24)21-15-19(16-7-9-17(22)10-8-16)18-5-3-4-6-20(18)23-21;2*5-3(6)1-2-4(7)8/h3-10,15H,2,11-14H2,1H3;2*1-2H,(H,5,6)(H,7,8)/b;2*2-1-. The molecule has 4 N–H and O–H groups in total. The fourth-order valence-corrected chi connectivity index (χ4v) is 3.90. The SMILES string of the molecule is CCN1CCN(c2cc(-c3ccc(Cl)cc3)c3ccccc3n2)CC1.O=C(O)/C=C\C(=O)O.O=C(O)/C=C\C(=O)O. The Morgan fingerprint density at radius 2 is 1.27 bits per heavy atom. The van der Waals surface area contributed by atoms with Crippen LogP contribution >= 0.6 is 11.6 Å². The summed E-state index contributed by atoms with van der Waals surface area (Å²) >= 11 is 6.07. The predicted octanol–water partition coefficient (Wildman–Crippen LogP) is 4.12. The normalized spacial score (nSPS) is 13.3. The molecule has 0 unspecified atom stereocenters. The molecule has 0 amide bonds. The van der Waals surface area contributed by atoms with Crippen molar-refractivity contribution in [3.63, 3.8) is 0 Å². The topological polar surface area (TPSA) is 169 Å². The number of carbonyl (C=O) groups is 4. The Balaban J connectivity index is 0.000000304. The Bertz CT molecular complexity index is 1350. The van der Waals surface area contributed by atoms with E-state index in [1.807, 2.05) is 12.1 Å². The van der Waals surface area contributed by atoms with Gasteiger partial charge in [0.25, 0.3) is 0 Å². The quantitative estimate of drug-likeness (QED) is 0.295. The number of aliphatic carboxylic acids is 4. The van der Waals surface area contributed by atoms with Crippen molar-refractivity contribution < 1.29 is 39.6 Å². The van der Waals surface area contributed by atoms with E-state index in [2.05, 4.69) is 59.2 Å². The van der Waals surface area contributed by atoms with Crippen molar-refractivity contribution in [3.05, 3.63) is 83.9 Å². The van der Waals surface area contributed by atoms with Crippen LogP contribution in [0.25, 0.3) is 22.0 Å². The summed E-state index contributed by atoms with van der Waals surface area (Å²) in [6.45, 7) is 7.60. The van der Waals surface area contributed by atoms with Crippen LogP contribution in [0.5, 0.6) is 0 Å². The van der Waals surface area contributed by atoms with Gasteiger partial charge in [-0.2, -0.15) is 0 Å². The van der Waals surface area contributed by atoms with Crippen molar-refractivity contribution in [3.8, 4) is 11.1 Å². The number of fused-ring (bicyclic) bond motifs is 1. The van der Waals surface area contributed by atoms with Gasteiger partial charge in [-0.25, -0.2) is 24.2 Å². The minimum atomic E-state index is -1.26. The molecule has 1 saturated heterocycles. The van der Waals surface area contributed by atoms with E-state index in [1.165, 1.54) is 16.5 Å². The average molecular weight is 584 g/mol. The number of nitrogens with zero attached hydrogens (tertiary/aromatic N) is 3. The molecule has 2 heterocycles. The van der Waals surface area contributed by atoms with Crippen molar-refractivity contribution in [2.45, 2.75) is 6.92 Å². The minimum Gasteiger partial charge on any atom is -0.478 e. The zero-order valence-electron chi connectivity index (χ0n) is 22.2. The molecule has 1 fully saturated rings. The van der Waals surface area contributed by atoms with Gasteiger partial charge >= 0.3 is 23.9 Å². The molecule has 1 aromatic heterocycles. The van der Waals surface area contributed by atoms with Crippen LogP contribution in [0.1, 0.15) is 6.92 Å². The predicted molar refractivity (Wildman–Crippen MR) is 155 cm³/mol. The monoisotopic (exact) mass is 583 g/mol. The third-order valence-corrected chi connectivity index (χ3v) is 5.99. The van der Waals surface area contributed by atoms with Gasteiger partial charge in [0.2, 0.25) is 0 Å². The van der Waals surface area contributed by atoms with E-state index < -0.39 is 23.9 Å². The van der Waals surface area contributed by atoms with Gasteiger partial charge in [-0.05, 0) is 41.9 Å². The average Bonchev–Trinajstić information content (AvgIpc) is 2.95. The first-order valence-electron chi connectivity index (χ1n) is 12.4. The summed E-state index contributed by atoms with van der Waals surface area (Å²) in [4.78, 5) is 48.0. The van der Waals surface area contributed by atoms with Crippen molar-refractivity contribution in [2.24, 2.45) is 0 Å². The maximum absolute atomic E-state index is 9.55. The second kappa shape index (κ2) is 16.4. The van der Waals surface area contributed by atoms with E-state index in [-0.39, 0.29) is 0 Å². The number of piperazine rings is 1. The van der Waals surface area contributed by atoms with Gasteiger partial charge in [0.1, 0.15) is 5.82 Å². The molecule has 41 heavy (non-hydrogen) atoms. The van der Waals surface area contributed by atoms with Crippen LogP contribution in [-0.2, 0) is 19.2 Å². The van der Waals surface area contributed by atoms with Gasteiger partial charge in [0, 0.05) is 60.9 Å². The molecular formula is C29H30ClN3O8. The first kappa shape index (κ1) is 32.5. The number of carboxylic acid groups (broad SMARTS) is 4. The Hall–Kier alpha value is -4.74. The summed E-state index contributed by atoms with van der Waals surface area (Å²) in [5.74, 6) is -3.96. The lowest BCUT2D eigenvalue weighted by Gasteiger charge is -2.35. The number of likely N-dealkylation sites (N-methyl/N-ethyl adjacent to an activating group) is 1. The first-order chi connectivity index (χ1) is 19.5. The number of anilines is 1. The van der Waals surface area contributed by atoms with Crippen LogP contribution in [0.15, 0.2) is 78.9 Å². The summed E-state index contributed by atoms with van der Waals surface area (Å²) in [6.07, 6.45) is 2.23. The number of pyridine rings is 1. The van der Waals surface area contributed by atoms with Crippen LogP contribution < -0.4 is 4.90 Å². The Kier molecular flexibility index (Phi) is 13.0. The number of hydrogen-bond acceptors (Lipinski definition) is 7. The van der Waals surface area contributed by atoms with Crippen molar-refractivity contribution in [2.75, 3.05) is 37.6 Å². The number of halogens is 1. The zero-order valence-corrected chi connectivity index (χ0v) is 22.9. The van der Waals surface area contributed by atoms with Crippen LogP contribution in [0, 0.1) is 0 Å². The summed E-state index contributed by atoms with van der Waals surface area (Å²) in [5, 5.41) is 33.2. The molecular weight excluding hydrogens is 554 g/mol. The van der Waals surface area contributed by atoms with Crippen LogP contribution in [0.2, 0.25) is 5.02 Å². The lowest BCUT2D eigenvalue weighted by Crippen LogP contribution is -2.46. The molecule has 0 saturated carbocycles. The summed E-state index contributed by atoms with van der Waals surface area (Å²) in [7, 11) is 0. The van der Waals surface area contributed by atoms with E-state index >= 15 is 0 Å². The molecule has 0 atom stereocenters. The second-order valence-corrected chi connectivity index (χ2v) is 8.93. The smallest absolute Gasteiger partial charge is 0.328 e. The highest BCUT2D eigenvalue weighted by molar-refractivity contribution is 6.30. The highest BCUT2D eigenvalue weighted by Gasteiger charge is 2.18. The van der Waals surface area contributed by atoms with Crippen LogP contribution in [0.3, 0.4) is 0 Å². The lowest BCUT2D eigenvalue weighted by molar-refractivity contribution is -0.134. The second-order valence-electron chi connectivity index (χ2n) is 8.49. The van der Waals surface area contributed by atoms with Gasteiger partial charge < -0.3 is 30.2 Å². The number of hydrogen-bond donors (Lipinski definition) is 4. The van der Waals surface area contributed by atoms with E-state index in [9.17, 15) is 19.2 Å². The maximum atomic E-state index is 9.55. The fourth-order valence-electron chi connectivity index (χ4n) is 3.77. The Labute approximate surface area is 241 Å². The highest BCUT2D eigenvalue weighted by atomic mass is 35.5. The number of rotatable bonds is 7. The molecule has 12 heteroatoms. The van der Waals surface area contributed by atoms with E-state index in [4.69, 9.17) is 37.0 Å². The minimum absolute atomic E-state index is 0.558. The lowest BCUT2D eigenvalue weighted by atomic mass is 10.0. The molecule has 0 aliphatic carbocycles. The largest absolute Gasteiger partial charge is 0.478 e. The number of para-hydroxylation sites is 1. The molecule has 11 nitrogen and oxygen atoms in total. The fraction of sp³-hybridized carbons (Fsp3) is 0.207. The van der Waals surface area contributed by atoms with Gasteiger partial charge in [-0.1, -0.05) is 48.9 Å². The summed E-state index contributed by atoms with van der Waals surface area (Å²) < 4.78 is 0.